The van der Waals surface area contributed by atoms with E-state index in [0.717, 1.165) is 12.3 Å². The molecule has 1 N–H and O–H groups in total. The fraction of sp³-hybridized carbons (Fsp3) is 0.263. The predicted octanol–water partition coefficient (Wildman–Crippen LogP) is -0.580. The zero-order chi connectivity index (χ0) is 26.9. The van der Waals surface area contributed by atoms with Gasteiger partial charge in [0.1, 0.15) is 0 Å². The van der Waals surface area contributed by atoms with Crippen molar-refractivity contribution in [1.82, 2.24) is 20.2 Å². The molecule has 1 amide bonds. The minimum Gasteiger partial charge on any atom is -0.308 e. The fourth-order valence-corrected chi connectivity index (χ4v) is 4.26. The summed E-state index contributed by atoms with van der Waals surface area (Å²) in [7, 11) is 56.9. The van der Waals surface area contributed by atoms with Gasteiger partial charge in [-0.25, -0.2) is 9.37 Å². The van der Waals surface area contributed by atoms with Crippen molar-refractivity contribution in [2.24, 2.45) is 0 Å². The van der Waals surface area contributed by atoms with E-state index in [4.69, 9.17) is 82.2 Å². The van der Waals surface area contributed by atoms with Crippen molar-refractivity contribution < 1.29 is 9.18 Å². The molecule has 3 aromatic rings. The van der Waals surface area contributed by atoms with Crippen LogP contribution in [0.2, 0.25) is 20.9 Å². The minimum absolute atomic E-state index is 0.168. The molecular weight excluding hydrogens is 466 g/mol. The van der Waals surface area contributed by atoms with Gasteiger partial charge in [0.2, 0.25) is 5.91 Å². The third kappa shape index (κ3) is 3.42. The lowest BCUT2D eigenvalue weighted by Crippen LogP contribution is -2.76. The molecule has 0 aromatic carbocycles. The van der Waals surface area contributed by atoms with Crippen LogP contribution in [0, 0.1) is 5.82 Å². The van der Waals surface area contributed by atoms with Gasteiger partial charge < -0.3 is 4.90 Å². The van der Waals surface area contributed by atoms with Crippen LogP contribution in [0.3, 0.4) is 0 Å². The molecule has 6 nitrogen and oxygen atoms in total. The molecule has 4 rings (SSSR count). The molecule has 0 bridgehead atoms. The number of aromatic nitrogens is 4. The van der Waals surface area contributed by atoms with Crippen LogP contribution in [0.15, 0.2) is 42.9 Å². The first-order chi connectivity index (χ1) is 16.5. The number of H-pyrrole nitrogens is 1. The van der Waals surface area contributed by atoms with E-state index in [2.05, 4.69) is 20.2 Å². The molecule has 36 heavy (non-hydrogen) atoms. The van der Waals surface area contributed by atoms with Gasteiger partial charge in [-0.3, -0.25) is 14.9 Å². The number of aromatic amines is 1. The molecule has 18 radical (unpaired) electrons. The normalized spacial score (nSPS) is 22.8. The Kier molecular flexibility index (Phi) is 6.26. The van der Waals surface area contributed by atoms with Crippen molar-refractivity contribution in [2.45, 2.75) is 26.3 Å². The number of anilines is 1. The van der Waals surface area contributed by atoms with Crippen LogP contribution >= 0.6 is 11.6 Å². The van der Waals surface area contributed by atoms with Gasteiger partial charge in [-0.15, -0.1) is 10.4 Å². The molecule has 1 aliphatic rings. The third-order valence-electron chi connectivity index (χ3n) is 6.62. The number of hydrogen-bond acceptors (Lipinski definition) is 4. The smallest absolute Gasteiger partial charge is 0.223 e. The lowest BCUT2D eigenvalue weighted by molar-refractivity contribution is -0.124. The quantitative estimate of drug-likeness (QED) is 0.406. The standard InChI is InChI=1S/C19H8B9ClFN5O/c20-15(16(21,22)9-5-10(30)13(29)32-7-9)14(36)35(19(27,28)18(25,26)17(15,23)24)12-6-11(33-34-12)8-1-3-31-4-2-8/h1-7H,(H,33,34). The summed E-state index contributed by atoms with van der Waals surface area (Å²) in [6.45, 7) is 0. The zero-order valence-corrected chi connectivity index (χ0v) is 19.4. The molecule has 1 aliphatic heterocycles. The van der Waals surface area contributed by atoms with Gasteiger partial charge in [-0.05, 0) is 34.4 Å². The Bertz CT molecular complexity index is 1340. The van der Waals surface area contributed by atoms with E-state index in [9.17, 15) is 9.18 Å². The number of halogens is 2. The number of amides is 1. The highest BCUT2D eigenvalue weighted by atomic mass is 35.5. The number of carbonyl (C=O) groups excluding carboxylic acids is 1. The first-order valence-corrected chi connectivity index (χ1v) is 10.6. The maximum atomic E-state index is 14.3. The summed E-state index contributed by atoms with van der Waals surface area (Å²) in [6, 6.07) is 5.58. The number of pyridine rings is 2. The van der Waals surface area contributed by atoms with Gasteiger partial charge in [0.15, 0.2) is 16.8 Å². The minimum atomic E-state index is -2.77. The second-order valence-electron chi connectivity index (χ2n) is 8.75. The van der Waals surface area contributed by atoms with Crippen LogP contribution in [0.4, 0.5) is 10.2 Å². The van der Waals surface area contributed by atoms with Crippen LogP contribution in [-0.2, 0) is 10.0 Å². The van der Waals surface area contributed by atoms with E-state index < -0.39 is 43.2 Å². The van der Waals surface area contributed by atoms with Crippen LogP contribution in [-0.4, -0.2) is 102 Å². The molecule has 3 aromatic heterocycles. The summed E-state index contributed by atoms with van der Waals surface area (Å²) >= 11 is 5.66. The lowest BCUT2D eigenvalue weighted by Gasteiger charge is -2.73. The highest BCUT2D eigenvalue weighted by Gasteiger charge is 2.68. The maximum Gasteiger partial charge on any atom is 0.223 e. The molecule has 0 saturated carbocycles. The van der Waals surface area contributed by atoms with Crippen molar-refractivity contribution in [2.75, 3.05) is 4.90 Å². The summed E-state index contributed by atoms with van der Waals surface area (Å²) < 4.78 is 14.3. The van der Waals surface area contributed by atoms with Crippen molar-refractivity contribution in [3.63, 3.8) is 0 Å². The number of nitrogens with zero attached hydrogens (tertiary/aromatic N) is 4. The fourth-order valence-electron chi connectivity index (χ4n) is 4.16. The molecular formula is C19H8B9ClFN5O. The Labute approximate surface area is 224 Å². The first kappa shape index (κ1) is 26.8. The van der Waals surface area contributed by atoms with Crippen LogP contribution in [0.5, 0.6) is 0 Å². The first-order valence-electron chi connectivity index (χ1n) is 10.2. The summed E-state index contributed by atoms with van der Waals surface area (Å²) in [5, 5.41) is -6.72. The highest BCUT2D eigenvalue weighted by molar-refractivity contribution is 6.69. The monoisotopic (exact) mass is 475 g/mol. The number of nitrogens with one attached hydrogen (secondary N) is 1. The number of hydrogen-bond donors (Lipinski definition) is 1. The van der Waals surface area contributed by atoms with E-state index in [1.54, 1.807) is 24.5 Å². The molecule has 1 saturated heterocycles. The highest BCUT2D eigenvalue weighted by Crippen LogP contribution is 2.71. The van der Waals surface area contributed by atoms with Gasteiger partial charge in [0.25, 0.3) is 0 Å². The Hall–Kier alpha value is -2.22. The number of carbonyl (C=O) groups is 1. The largest absolute Gasteiger partial charge is 0.308 e. The van der Waals surface area contributed by atoms with E-state index in [1.165, 1.54) is 6.07 Å². The second kappa shape index (κ2) is 8.40. The van der Waals surface area contributed by atoms with E-state index >= 15 is 0 Å². The third-order valence-corrected chi connectivity index (χ3v) is 6.90. The van der Waals surface area contributed by atoms with Gasteiger partial charge in [-0.2, -0.15) is 5.10 Å². The summed E-state index contributed by atoms with van der Waals surface area (Å²) in [4.78, 5) is 22.4. The molecule has 1 fully saturated rings. The molecule has 156 valence electrons. The van der Waals surface area contributed by atoms with Crippen molar-refractivity contribution in [3.8, 4) is 11.3 Å². The molecule has 0 aliphatic carbocycles. The zero-order valence-electron chi connectivity index (χ0n) is 18.7. The topological polar surface area (TPSA) is 74.8 Å². The van der Waals surface area contributed by atoms with Crippen LogP contribution in [0.1, 0.15) is 5.56 Å². The van der Waals surface area contributed by atoms with Gasteiger partial charge in [-0.1, -0.05) is 16.8 Å². The Morgan fingerprint density at radius 1 is 1.00 bits per heavy atom. The van der Waals surface area contributed by atoms with Crippen LogP contribution < -0.4 is 4.90 Å². The summed E-state index contributed by atoms with van der Waals surface area (Å²) in [5.41, 5.74) is 0.781. The van der Waals surface area contributed by atoms with E-state index in [-0.39, 0.29) is 11.4 Å². The van der Waals surface area contributed by atoms with Gasteiger partial charge in [0, 0.05) is 30.2 Å². The van der Waals surface area contributed by atoms with Crippen molar-refractivity contribution >= 4 is 93.9 Å². The second-order valence-corrected chi connectivity index (χ2v) is 9.11. The molecule has 17 heteroatoms. The van der Waals surface area contributed by atoms with Gasteiger partial charge in [0.05, 0.1) is 76.3 Å². The number of rotatable bonds is 4. The molecule has 0 spiro atoms. The van der Waals surface area contributed by atoms with E-state index in [1.807, 2.05) is 0 Å². The SMILES string of the molecule is [B]C([B])(c1cnc(Cl)c(F)c1)C1([B])C(=O)N(c2cc(-c3ccncc3)[nH]n2)C([B])([B])C([B])([B])C1([B])[B]. The van der Waals surface area contributed by atoms with Crippen molar-refractivity contribution in [3.05, 3.63) is 59.4 Å². The Balaban J connectivity index is 1.93. The van der Waals surface area contributed by atoms with Crippen molar-refractivity contribution in [1.29, 1.82) is 0 Å². The summed E-state index contributed by atoms with van der Waals surface area (Å²) in [5.74, 6) is -2.39. The van der Waals surface area contributed by atoms with E-state index in [0.29, 0.717) is 16.2 Å². The van der Waals surface area contributed by atoms with Gasteiger partial charge >= 0.3 is 0 Å². The molecule has 1 unspecified atom stereocenters. The molecule has 1 atom stereocenters. The average Bonchev–Trinajstić information content (AvgIpc) is 3.29. The number of piperidine rings is 1. The summed E-state index contributed by atoms with van der Waals surface area (Å²) in [6.07, 6.45) is 4.08. The molecule has 4 heterocycles. The lowest BCUT2D eigenvalue weighted by atomic mass is 9.08. The maximum absolute atomic E-state index is 14.3. The Morgan fingerprint density at radius 2 is 1.61 bits per heavy atom. The predicted molar refractivity (Wildman–Crippen MR) is 143 cm³/mol. The Morgan fingerprint density at radius 3 is 2.19 bits per heavy atom. The van der Waals surface area contributed by atoms with Crippen LogP contribution in [0.25, 0.3) is 11.3 Å². The average molecular weight is 474 g/mol.